The number of nitrogens with two attached hydrogens (primary N) is 1. The van der Waals surface area contributed by atoms with E-state index < -0.39 is 12.0 Å². The van der Waals surface area contributed by atoms with E-state index >= 15 is 0 Å². The van der Waals surface area contributed by atoms with Gasteiger partial charge in [0.1, 0.15) is 6.04 Å². The van der Waals surface area contributed by atoms with Crippen LogP contribution >= 0.6 is 0 Å². The molecule has 0 saturated carbocycles. The van der Waals surface area contributed by atoms with Gasteiger partial charge in [0, 0.05) is 37.1 Å². The molecule has 0 aromatic heterocycles. The van der Waals surface area contributed by atoms with E-state index in [0.717, 1.165) is 5.69 Å². The van der Waals surface area contributed by atoms with Crippen LogP contribution in [0.1, 0.15) is 0 Å². The van der Waals surface area contributed by atoms with Gasteiger partial charge < -0.3 is 36.6 Å². The second-order valence-electron chi connectivity index (χ2n) is 5.51. The lowest BCUT2D eigenvalue weighted by Gasteiger charge is -2.27. The van der Waals surface area contributed by atoms with Crippen molar-refractivity contribution < 1.29 is 20.1 Å². The van der Waals surface area contributed by atoms with Crippen molar-refractivity contribution >= 4 is 17.3 Å². The number of nitrogen functional groups attached to an aromatic ring is 1. The fourth-order valence-corrected chi connectivity index (χ4v) is 3.00. The van der Waals surface area contributed by atoms with Gasteiger partial charge in [-0.25, -0.2) is 4.79 Å². The van der Waals surface area contributed by atoms with Crippen LogP contribution in [0.5, 0.6) is 0 Å². The Morgan fingerprint density at radius 3 is 2.35 bits per heavy atom. The maximum Gasteiger partial charge on any atom is 0.328 e. The Hall–Kier alpha value is -1.87. The van der Waals surface area contributed by atoms with E-state index in [1.165, 1.54) is 0 Å². The SMILES string of the molecule is Nc1ccc(N2CC(NCCO)C(NCCO)C2C(=O)O)cc1. The van der Waals surface area contributed by atoms with Crippen LogP contribution in [-0.2, 0) is 4.79 Å². The summed E-state index contributed by atoms with van der Waals surface area (Å²) in [5.41, 5.74) is 7.08. The first-order valence-corrected chi connectivity index (χ1v) is 7.62. The fourth-order valence-electron chi connectivity index (χ4n) is 3.00. The summed E-state index contributed by atoms with van der Waals surface area (Å²) < 4.78 is 0. The number of benzene rings is 1. The van der Waals surface area contributed by atoms with Crippen LogP contribution in [0.15, 0.2) is 24.3 Å². The Labute approximate surface area is 134 Å². The summed E-state index contributed by atoms with van der Waals surface area (Å²) in [6.45, 7) is 1.06. The third kappa shape index (κ3) is 4.11. The first-order chi connectivity index (χ1) is 11.1. The van der Waals surface area contributed by atoms with Gasteiger partial charge in [0.25, 0.3) is 0 Å². The molecule has 1 fully saturated rings. The number of rotatable bonds is 8. The van der Waals surface area contributed by atoms with Crippen molar-refractivity contribution in [2.75, 3.05) is 43.5 Å². The molecule has 8 nitrogen and oxygen atoms in total. The zero-order valence-electron chi connectivity index (χ0n) is 12.9. The first-order valence-electron chi connectivity index (χ1n) is 7.62. The Morgan fingerprint density at radius 1 is 1.17 bits per heavy atom. The molecule has 0 bridgehead atoms. The van der Waals surface area contributed by atoms with Gasteiger partial charge in [0.2, 0.25) is 0 Å². The van der Waals surface area contributed by atoms with Crippen molar-refractivity contribution in [3.63, 3.8) is 0 Å². The summed E-state index contributed by atoms with van der Waals surface area (Å²) in [5, 5.41) is 34.0. The Morgan fingerprint density at radius 2 is 1.78 bits per heavy atom. The number of carbonyl (C=O) groups is 1. The summed E-state index contributed by atoms with van der Waals surface area (Å²) in [4.78, 5) is 13.6. The molecule has 1 heterocycles. The van der Waals surface area contributed by atoms with Crippen molar-refractivity contribution in [1.29, 1.82) is 0 Å². The van der Waals surface area contributed by atoms with E-state index in [-0.39, 0.29) is 25.3 Å². The number of aliphatic hydroxyl groups is 2. The Balaban J connectivity index is 2.25. The fraction of sp³-hybridized carbons (Fsp3) is 0.533. The number of hydrogen-bond donors (Lipinski definition) is 6. The van der Waals surface area contributed by atoms with E-state index in [9.17, 15) is 9.90 Å². The number of aliphatic carboxylic acids is 1. The van der Waals surface area contributed by atoms with Crippen molar-refractivity contribution in [2.24, 2.45) is 0 Å². The number of carboxylic acid groups (broad SMARTS) is 1. The smallest absolute Gasteiger partial charge is 0.328 e. The summed E-state index contributed by atoms with van der Waals surface area (Å²) in [6.07, 6.45) is 0. The molecule has 1 saturated heterocycles. The molecular weight excluding hydrogens is 300 g/mol. The van der Waals surface area contributed by atoms with Gasteiger partial charge in [0.15, 0.2) is 0 Å². The molecule has 23 heavy (non-hydrogen) atoms. The molecule has 3 atom stereocenters. The second kappa shape index (κ2) is 8.11. The van der Waals surface area contributed by atoms with Gasteiger partial charge in [-0.15, -0.1) is 0 Å². The van der Waals surface area contributed by atoms with E-state index in [2.05, 4.69) is 10.6 Å². The first kappa shape index (κ1) is 17.5. The standard InChI is InChI=1S/C15H24N4O4/c16-10-1-3-11(4-2-10)19-9-12(17-5-7-20)13(18-6-8-21)14(19)15(22)23/h1-4,12-14,17-18,20-21H,5-9,16H2,(H,22,23). The number of anilines is 2. The molecule has 7 N–H and O–H groups in total. The van der Waals surface area contributed by atoms with Gasteiger partial charge in [-0.2, -0.15) is 0 Å². The average molecular weight is 324 g/mol. The molecule has 0 amide bonds. The zero-order chi connectivity index (χ0) is 16.8. The van der Waals surface area contributed by atoms with Gasteiger partial charge >= 0.3 is 5.97 Å². The van der Waals surface area contributed by atoms with E-state index in [1.807, 2.05) is 0 Å². The molecule has 1 aliphatic rings. The van der Waals surface area contributed by atoms with E-state index in [4.69, 9.17) is 15.9 Å². The maximum absolute atomic E-state index is 11.8. The van der Waals surface area contributed by atoms with Crippen LogP contribution in [0.3, 0.4) is 0 Å². The van der Waals surface area contributed by atoms with Crippen LogP contribution in [0.2, 0.25) is 0 Å². The minimum atomic E-state index is -0.939. The van der Waals surface area contributed by atoms with E-state index in [0.29, 0.717) is 25.3 Å². The van der Waals surface area contributed by atoms with Gasteiger partial charge in [-0.1, -0.05) is 0 Å². The molecule has 128 valence electrons. The van der Waals surface area contributed by atoms with Gasteiger partial charge in [-0.05, 0) is 24.3 Å². The highest BCUT2D eigenvalue weighted by Gasteiger charge is 2.45. The minimum Gasteiger partial charge on any atom is -0.480 e. The van der Waals surface area contributed by atoms with Crippen LogP contribution in [0.25, 0.3) is 0 Å². The molecule has 1 aliphatic heterocycles. The van der Waals surface area contributed by atoms with Crippen molar-refractivity contribution in [1.82, 2.24) is 10.6 Å². The Kier molecular flexibility index (Phi) is 6.17. The number of aliphatic hydroxyl groups excluding tert-OH is 2. The predicted molar refractivity (Wildman–Crippen MR) is 87.4 cm³/mol. The third-order valence-electron chi connectivity index (χ3n) is 3.99. The summed E-state index contributed by atoms with van der Waals surface area (Å²) in [5.74, 6) is -0.939. The lowest BCUT2D eigenvalue weighted by Crippen LogP contribution is -2.54. The molecule has 0 radical (unpaired) electrons. The zero-order valence-corrected chi connectivity index (χ0v) is 12.9. The summed E-state index contributed by atoms with van der Waals surface area (Å²) in [7, 11) is 0. The van der Waals surface area contributed by atoms with Crippen molar-refractivity contribution in [3.05, 3.63) is 24.3 Å². The van der Waals surface area contributed by atoms with Crippen molar-refractivity contribution in [2.45, 2.75) is 18.1 Å². The molecule has 0 aliphatic carbocycles. The molecular formula is C15H24N4O4. The van der Waals surface area contributed by atoms with Gasteiger partial charge in [0.05, 0.1) is 19.3 Å². The van der Waals surface area contributed by atoms with Crippen LogP contribution in [0.4, 0.5) is 11.4 Å². The molecule has 3 unspecified atom stereocenters. The predicted octanol–water partition coefficient (Wildman–Crippen LogP) is -1.56. The highest BCUT2D eigenvalue weighted by atomic mass is 16.4. The average Bonchev–Trinajstić information content (AvgIpc) is 2.90. The molecule has 1 aromatic rings. The van der Waals surface area contributed by atoms with Crippen molar-refractivity contribution in [3.8, 4) is 0 Å². The second-order valence-corrected chi connectivity index (χ2v) is 5.51. The number of carboxylic acids is 1. The number of nitrogens with zero attached hydrogens (tertiary/aromatic N) is 1. The highest BCUT2D eigenvalue weighted by Crippen LogP contribution is 2.27. The molecule has 8 heteroatoms. The maximum atomic E-state index is 11.8. The number of hydrogen-bond acceptors (Lipinski definition) is 7. The highest BCUT2D eigenvalue weighted by molar-refractivity contribution is 5.81. The van der Waals surface area contributed by atoms with Crippen LogP contribution in [0, 0.1) is 0 Å². The number of nitrogens with one attached hydrogen (secondary N) is 2. The van der Waals surface area contributed by atoms with Crippen LogP contribution < -0.4 is 21.3 Å². The quantitative estimate of drug-likeness (QED) is 0.317. The van der Waals surface area contributed by atoms with E-state index in [1.54, 1.807) is 29.2 Å². The minimum absolute atomic E-state index is 0.0250. The molecule has 0 spiro atoms. The lowest BCUT2D eigenvalue weighted by molar-refractivity contribution is -0.138. The summed E-state index contributed by atoms with van der Waals surface area (Å²) >= 11 is 0. The topological polar surface area (TPSA) is 131 Å². The molecule has 1 aromatic carbocycles. The lowest BCUT2D eigenvalue weighted by atomic mass is 10.1. The normalized spacial score (nSPS) is 24.1. The Bertz CT molecular complexity index is 511. The molecule has 2 rings (SSSR count). The van der Waals surface area contributed by atoms with Gasteiger partial charge in [-0.3, -0.25) is 0 Å². The monoisotopic (exact) mass is 324 g/mol. The summed E-state index contributed by atoms with van der Waals surface area (Å²) in [6, 6.07) is 5.74. The third-order valence-corrected chi connectivity index (χ3v) is 3.99. The largest absolute Gasteiger partial charge is 0.480 e. The van der Waals surface area contributed by atoms with Crippen LogP contribution in [-0.4, -0.2) is 72.3 Å².